The number of carbonyl (C=O) groups excluding carboxylic acids is 1. The number of hydrogen-bond acceptors (Lipinski definition) is 4. The number of rotatable bonds is 4. The van der Waals surface area contributed by atoms with E-state index in [-0.39, 0.29) is 17.4 Å². The molecule has 3 rings (SSSR count). The summed E-state index contributed by atoms with van der Waals surface area (Å²) in [5.41, 5.74) is 3.46. The van der Waals surface area contributed by atoms with Crippen molar-refractivity contribution in [2.24, 2.45) is 0 Å². The Bertz CT molecular complexity index is 804. The Balaban J connectivity index is 1.86. The molecule has 0 saturated heterocycles. The Morgan fingerprint density at radius 3 is 2.61 bits per heavy atom. The SMILES string of the molecule is CCOC(=O)C1=C2CN(S(=O)(=O)c3ccc(C)cc3)CC=C2C1. The summed E-state index contributed by atoms with van der Waals surface area (Å²) in [7, 11) is -3.56. The van der Waals surface area contributed by atoms with Crippen molar-refractivity contribution in [2.75, 3.05) is 19.7 Å². The summed E-state index contributed by atoms with van der Waals surface area (Å²) in [5, 5.41) is 0. The lowest BCUT2D eigenvalue weighted by Gasteiger charge is -2.34. The maximum Gasteiger partial charge on any atom is 0.334 e. The number of aryl methyl sites for hydroxylation is 1. The van der Waals surface area contributed by atoms with Gasteiger partial charge in [0.2, 0.25) is 10.0 Å². The van der Waals surface area contributed by atoms with Crippen LogP contribution in [-0.4, -0.2) is 38.4 Å². The van der Waals surface area contributed by atoms with Gasteiger partial charge in [0, 0.05) is 25.1 Å². The number of ether oxygens (including phenoxy) is 1. The van der Waals surface area contributed by atoms with Gasteiger partial charge >= 0.3 is 5.97 Å². The molecule has 6 heteroatoms. The van der Waals surface area contributed by atoms with Crippen molar-refractivity contribution in [2.45, 2.75) is 25.2 Å². The Labute approximate surface area is 136 Å². The van der Waals surface area contributed by atoms with Crippen LogP contribution in [0.15, 0.2) is 52.0 Å². The Morgan fingerprint density at radius 1 is 1.26 bits per heavy atom. The maximum atomic E-state index is 12.7. The summed E-state index contributed by atoms with van der Waals surface area (Å²) < 4.78 is 31.9. The number of carbonyl (C=O) groups is 1. The van der Waals surface area contributed by atoms with Crippen LogP contribution in [0.25, 0.3) is 0 Å². The lowest BCUT2D eigenvalue weighted by Crippen LogP contribution is -2.39. The fourth-order valence-electron chi connectivity index (χ4n) is 2.79. The number of esters is 1. The summed E-state index contributed by atoms with van der Waals surface area (Å²) in [5.74, 6) is -0.339. The lowest BCUT2D eigenvalue weighted by molar-refractivity contribution is -0.138. The lowest BCUT2D eigenvalue weighted by atomic mass is 9.81. The van der Waals surface area contributed by atoms with Gasteiger partial charge in [0.1, 0.15) is 0 Å². The molecule has 1 aliphatic carbocycles. The fraction of sp³-hybridized carbons (Fsp3) is 0.353. The smallest absolute Gasteiger partial charge is 0.334 e. The van der Waals surface area contributed by atoms with E-state index >= 15 is 0 Å². The highest BCUT2D eigenvalue weighted by Crippen LogP contribution is 2.38. The molecule has 2 aliphatic rings. The number of nitrogens with zero attached hydrogens (tertiary/aromatic N) is 1. The Kier molecular flexibility index (Phi) is 4.12. The third kappa shape index (κ3) is 2.84. The van der Waals surface area contributed by atoms with E-state index in [1.54, 1.807) is 31.2 Å². The molecule has 23 heavy (non-hydrogen) atoms. The first-order chi connectivity index (χ1) is 10.9. The summed E-state index contributed by atoms with van der Waals surface area (Å²) in [4.78, 5) is 12.1. The molecule has 0 atom stereocenters. The quantitative estimate of drug-likeness (QED) is 0.792. The van der Waals surface area contributed by atoms with Crippen LogP contribution in [0.3, 0.4) is 0 Å². The fourth-order valence-corrected chi connectivity index (χ4v) is 4.14. The largest absolute Gasteiger partial charge is 0.463 e. The highest BCUT2D eigenvalue weighted by molar-refractivity contribution is 7.89. The van der Waals surface area contributed by atoms with Crippen molar-refractivity contribution >= 4 is 16.0 Å². The monoisotopic (exact) mass is 333 g/mol. The van der Waals surface area contributed by atoms with E-state index < -0.39 is 10.0 Å². The van der Waals surface area contributed by atoms with E-state index in [4.69, 9.17) is 4.74 Å². The molecular weight excluding hydrogens is 314 g/mol. The Hall–Kier alpha value is -1.92. The van der Waals surface area contributed by atoms with E-state index in [0.717, 1.165) is 16.7 Å². The zero-order chi connectivity index (χ0) is 16.6. The molecule has 0 N–H and O–H groups in total. The molecule has 0 fully saturated rings. The van der Waals surface area contributed by atoms with Gasteiger partial charge in [-0.3, -0.25) is 0 Å². The van der Waals surface area contributed by atoms with Crippen LogP contribution < -0.4 is 0 Å². The second-order valence-electron chi connectivity index (χ2n) is 5.69. The minimum atomic E-state index is -3.56. The van der Waals surface area contributed by atoms with Crippen molar-refractivity contribution in [3.8, 4) is 0 Å². The van der Waals surface area contributed by atoms with E-state index in [9.17, 15) is 13.2 Å². The van der Waals surface area contributed by atoms with Gasteiger partial charge in [0.15, 0.2) is 0 Å². The molecule has 0 amide bonds. The highest BCUT2D eigenvalue weighted by Gasteiger charge is 2.36. The van der Waals surface area contributed by atoms with Crippen LogP contribution >= 0.6 is 0 Å². The van der Waals surface area contributed by atoms with Crippen molar-refractivity contribution in [1.82, 2.24) is 4.31 Å². The predicted octanol–water partition coefficient (Wildman–Crippen LogP) is 2.19. The zero-order valence-corrected chi connectivity index (χ0v) is 14.0. The van der Waals surface area contributed by atoms with Gasteiger partial charge in [0.05, 0.1) is 11.5 Å². The number of sulfonamides is 1. The molecule has 0 bridgehead atoms. The van der Waals surface area contributed by atoms with E-state index in [1.807, 2.05) is 13.0 Å². The maximum absolute atomic E-state index is 12.7. The molecule has 122 valence electrons. The molecule has 1 aromatic rings. The van der Waals surface area contributed by atoms with Crippen LogP contribution in [0.5, 0.6) is 0 Å². The van der Waals surface area contributed by atoms with Gasteiger partial charge in [-0.15, -0.1) is 0 Å². The minimum Gasteiger partial charge on any atom is -0.463 e. The molecule has 0 radical (unpaired) electrons. The molecule has 1 aromatic carbocycles. The average Bonchev–Trinajstić information content (AvgIpc) is 2.49. The van der Waals surface area contributed by atoms with Gasteiger partial charge in [-0.05, 0) is 37.1 Å². The number of benzene rings is 1. The van der Waals surface area contributed by atoms with Gasteiger partial charge in [-0.25, -0.2) is 13.2 Å². The minimum absolute atomic E-state index is 0.232. The molecule has 5 nitrogen and oxygen atoms in total. The van der Waals surface area contributed by atoms with Crippen molar-refractivity contribution in [3.05, 3.63) is 52.6 Å². The molecule has 0 unspecified atom stereocenters. The van der Waals surface area contributed by atoms with E-state index in [0.29, 0.717) is 25.1 Å². The summed E-state index contributed by atoms with van der Waals surface area (Å²) in [6, 6.07) is 6.80. The second kappa shape index (κ2) is 5.94. The third-order valence-electron chi connectivity index (χ3n) is 4.18. The normalized spacial score (nSPS) is 18.1. The molecular formula is C17H19NO4S. The number of hydrogen-bond donors (Lipinski definition) is 0. The van der Waals surface area contributed by atoms with Crippen LogP contribution in [0.1, 0.15) is 18.9 Å². The van der Waals surface area contributed by atoms with Crippen LogP contribution in [0.2, 0.25) is 0 Å². The first-order valence-electron chi connectivity index (χ1n) is 7.59. The molecule has 1 heterocycles. The first kappa shape index (κ1) is 16.0. The zero-order valence-electron chi connectivity index (χ0n) is 13.2. The predicted molar refractivity (Wildman–Crippen MR) is 86.3 cm³/mol. The first-order valence-corrected chi connectivity index (χ1v) is 9.03. The van der Waals surface area contributed by atoms with Crippen molar-refractivity contribution < 1.29 is 17.9 Å². The second-order valence-corrected chi connectivity index (χ2v) is 7.63. The molecule has 0 saturated carbocycles. The topological polar surface area (TPSA) is 63.7 Å². The van der Waals surface area contributed by atoms with E-state index in [2.05, 4.69) is 0 Å². The standard InChI is InChI=1S/C17H19NO4S/c1-3-22-17(19)15-10-13-8-9-18(11-16(13)15)23(20,21)14-6-4-12(2)5-7-14/h4-8H,3,9-11H2,1-2H3. The summed E-state index contributed by atoms with van der Waals surface area (Å²) in [6.07, 6.45) is 2.46. The highest BCUT2D eigenvalue weighted by atomic mass is 32.2. The van der Waals surface area contributed by atoms with Crippen LogP contribution in [0, 0.1) is 6.92 Å². The van der Waals surface area contributed by atoms with Crippen LogP contribution in [-0.2, 0) is 19.6 Å². The molecule has 1 aliphatic heterocycles. The summed E-state index contributed by atoms with van der Waals surface area (Å²) >= 11 is 0. The number of fused-ring (bicyclic) bond motifs is 1. The third-order valence-corrected chi connectivity index (χ3v) is 6.00. The van der Waals surface area contributed by atoms with Crippen LogP contribution in [0.4, 0.5) is 0 Å². The van der Waals surface area contributed by atoms with Crippen molar-refractivity contribution in [3.63, 3.8) is 0 Å². The summed E-state index contributed by atoms with van der Waals surface area (Å²) in [6.45, 7) is 4.56. The van der Waals surface area contributed by atoms with Gasteiger partial charge in [-0.2, -0.15) is 4.31 Å². The van der Waals surface area contributed by atoms with Gasteiger partial charge < -0.3 is 4.74 Å². The molecule has 0 spiro atoms. The van der Waals surface area contributed by atoms with Crippen molar-refractivity contribution in [1.29, 1.82) is 0 Å². The van der Waals surface area contributed by atoms with E-state index in [1.165, 1.54) is 4.31 Å². The van der Waals surface area contributed by atoms with Gasteiger partial charge in [0.25, 0.3) is 0 Å². The van der Waals surface area contributed by atoms with Gasteiger partial charge in [-0.1, -0.05) is 23.8 Å². The average molecular weight is 333 g/mol. The molecule has 0 aromatic heterocycles. The Morgan fingerprint density at radius 2 is 1.96 bits per heavy atom.